The third-order valence-electron chi connectivity index (χ3n) is 6.17. The summed E-state index contributed by atoms with van der Waals surface area (Å²) in [6.07, 6.45) is 6.48. The first-order chi connectivity index (χ1) is 12.6. The molecule has 4 heterocycles. The van der Waals surface area contributed by atoms with Gasteiger partial charge in [-0.15, -0.1) is 0 Å². The van der Waals surface area contributed by atoms with Gasteiger partial charge in [0.2, 0.25) is 0 Å². The zero-order valence-electron chi connectivity index (χ0n) is 14.7. The summed E-state index contributed by atoms with van der Waals surface area (Å²) in [6, 6.07) is 8.95. The van der Waals surface area contributed by atoms with Crippen molar-refractivity contribution in [2.75, 3.05) is 7.05 Å². The molecule has 3 aliphatic heterocycles. The van der Waals surface area contributed by atoms with Gasteiger partial charge in [0.25, 0.3) is 5.91 Å². The van der Waals surface area contributed by atoms with E-state index in [9.17, 15) is 4.79 Å². The lowest BCUT2D eigenvalue weighted by Crippen LogP contribution is -2.48. The van der Waals surface area contributed by atoms with Crippen LogP contribution in [0.25, 0.3) is 5.69 Å². The van der Waals surface area contributed by atoms with Gasteiger partial charge < -0.3 is 19.5 Å². The predicted molar refractivity (Wildman–Crippen MR) is 100 cm³/mol. The first-order valence-electron chi connectivity index (χ1n) is 9.26. The normalized spacial score (nSPS) is 26.8. The number of hydrogen-bond acceptors (Lipinski definition) is 3. The van der Waals surface area contributed by atoms with Crippen molar-refractivity contribution in [3.63, 3.8) is 0 Å². The third-order valence-corrected chi connectivity index (χ3v) is 6.39. The van der Waals surface area contributed by atoms with Gasteiger partial charge in [-0.3, -0.25) is 4.79 Å². The Morgan fingerprint density at radius 2 is 2.04 bits per heavy atom. The highest BCUT2D eigenvalue weighted by molar-refractivity contribution is 6.31. The number of carbonyl (C=O) groups is 1. The molecular weight excluding hydrogens is 350 g/mol. The highest BCUT2D eigenvalue weighted by Gasteiger charge is 2.39. The maximum Gasteiger partial charge on any atom is 0.255 e. The van der Waals surface area contributed by atoms with Gasteiger partial charge >= 0.3 is 0 Å². The molecule has 0 aliphatic carbocycles. The van der Waals surface area contributed by atoms with Crippen LogP contribution in [-0.4, -0.2) is 40.5 Å². The van der Waals surface area contributed by atoms with E-state index in [1.54, 1.807) is 6.07 Å². The minimum atomic E-state index is -0.0895. The summed E-state index contributed by atoms with van der Waals surface area (Å²) < 4.78 is 7.97. The number of hydrogen-bond donors (Lipinski definition) is 1. The molecule has 136 valence electrons. The van der Waals surface area contributed by atoms with Crippen LogP contribution in [-0.2, 0) is 6.61 Å². The lowest BCUT2D eigenvalue weighted by atomic mass is 9.97. The molecule has 2 atom stereocenters. The number of carbonyl (C=O) groups excluding carboxylic acids is 1. The zero-order valence-corrected chi connectivity index (χ0v) is 15.5. The van der Waals surface area contributed by atoms with Crippen LogP contribution in [0.4, 0.5) is 0 Å². The Labute approximate surface area is 157 Å². The fourth-order valence-electron chi connectivity index (χ4n) is 4.79. The number of piperidine rings is 1. The van der Waals surface area contributed by atoms with Gasteiger partial charge in [0.15, 0.2) is 5.75 Å². The summed E-state index contributed by atoms with van der Waals surface area (Å²) in [7, 11) is 2.20. The van der Waals surface area contributed by atoms with Gasteiger partial charge in [-0.2, -0.15) is 0 Å². The van der Waals surface area contributed by atoms with Gasteiger partial charge in [0, 0.05) is 29.3 Å². The third kappa shape index (κ3) is 2.53. The first kappa shape index (κ1) is 16.2. The van der Waals surface area contributed by atoms with Crippen molar-refractivity contribution < 1.29 is 9.53 Å². The molecule has 1 amide bonds. The van der Waals surface area contributed by atoms with E-state index < -0.39 is 0 Å². The average molecular weight is 372 g/mol. The molecule has 0 saturated carbocycles. The maximum absolute atomic E-state index is 13.0. The van der Waals surface area contributed by atoms with Crippen LogP contribution >= 0.6 is 11.6 Å². The van der Waals surface area contributed by atoms with E-state index in [4.69, 9.17) is 16.3 Å². The van der Waals surface area contributed by atoms with Gasteiger partial charge in [0.05, 0.1) is 16.9 Å². The lowest BCUT2D eigenvalue weighted by Gasteiger charge is -2.36. The lowest BCUT2D eigenvalue weighted by molar-refractivity contribution is 0.0877. The van der Waals surface area contributed by atoms with Gasteiger partial charge in [0.1, 0.15) is 6.61 Å². The van der Waals surface area contributed by atoms with Gasteiger partial charge in [-0.05, 0) is 57.0 Å². The number of fused-ring (bicyclic) bond motifs is 5. The Morgan fingerprint density at radius 1 is 1.27 bits per heavy atom. The second kappa shape index (κ2) is 6.03. The summed E-state index contributed by atoms with van der Waals surface area (Å²) in [6.45, 7) is 0.459. The van der Waals surface area contributed by atoms with Crippen LogP contribution < -0.4 is 10.1 Å². The van der Waals surface area contributed by atoms with Gasteiger partial charge in [-0.1, -0.05) is 11.6 Å². The Morgan fingerprint density at radius 3 is 2.81 bits per heavy atom. The Kier molecular flexibility index (Phi) is 3.76. The molecule has 2 fully saturated rings. The first-order valence-corrected chi connectivity index (χ1v) is 9.63. The molecule has 6 heteroatoms. The average Bonchev–Trinajstić information content (AvgIpc) is 3.16. The van der Waals surface area contributed by atoms with E-state index in [-0.39, 0.29) is 11.9 Å². The minimum absolute atomic E-state index is 0.0895. The standard InChI is InChI=1S/C20H22ClN3O2/c1-23-14-4-5-15(23)10-13(9-14)22-20(25)17-7-12(21)8-18-19(17)26-11-16-3-2-6-24(16)18/h2-3,6-8,13-15H,4-5,9-11H2,1H3,(H,22,25). The largest absolute Gasteiger partial charge is 0.484 e. The molecule has 26 heavy (non-hydrogen) atoms. The van der Waals surface area contributed by atoms with E-state index in [0.717, 1.165) is 24.2 Å². The smallest absolute Gasteiger partial charge is 0.255 e. The fourth-order valence-corrected chi connectivity index (χ4v) is 5.00. The highest BCUT2D eigenvalue weighted by atomic mass is 35.5. The van der Waals surface area contributed by atoms with Crippen molar-refractivity contribution in [1.29, 1.82) is 0 Å². The molecule has 2 saturated heterocycles. The van der Waals surface area contributed by atoms with Crippen molar-refractivity contribution in [3.05, 3.63) is 46.7 Å². The second-order valence-electron chi connectivity index (χ2n) is 7.65. The van der Waals surface area contributed by atoms with Crippen LogP contribution in [0.2, 0.25) is 5.02 Å². The Bertz CT molecular complexity index is 864. The Balaban J connectivity index is 1.43. The van der Waals surface area contributed by atoms with Crippen LogP contribution in [0, 0.1) is 0 Å². The van der Waals surface area contributed by atoms with Crippen molar-refractivity contribution in [2.24, 2.45) is 0 Å². The van der Waals surface area contributed by atoms with E-state index in [0.29, 0.717) is 35.0 Å². The van der Waals surface area contributed by atoms with Gasteiger partial charge in [-0.25, -0.2) is 0 Å². The van der Waals surface area contributed by atoms with Crippen molar-refractivity contribution in [1.82, 2.24) is 14.8 Å². The molecule has 1 aromatic carbocycles. The van der Waals surface area contributed by atoms with Crippen LogP contribution in [0.1, 0.15) is 41.7 Å². The topological polar surface area (TPSA) is 46.5 Å². The highest BCUT2D eigenvalue weighted by Crippen LogP contribution is 2.37. The van der Waals surface area contributed by atoms with Crippen molar-refractivity contribution in [3.8, 4) is 11.4 Å². The van der Waals surface area contributed by atoms with E-state index in [1.807, 2.05) is 29.0 Å². The molecule has 2 unspecified atom stereocenters. The van der Waals surface area contributed by atoms with E-state index in [2.05, 4.69) is 17.3 Å². The summed E-state index contributed by atoms with van der Waals surface area (Å²) in [4.78, 5) is 15.5. The fraction of sp³-hybridized carbons (Fsp3) is 0.450. The number of amides is 1. The molecule has 1 N–H and O–H groups in total. The summed E-state index contributed by atoms with van der Waals surface area (Å²) in [5.74, 6) is 0.528. The van der Waals surface area contributed by atoms with Crippen LogP contribution in [0.5, 0.6) is 5.75 Å². The van der Waals surface area contributed by atoms with E-state index in [1.165, 1.54) is 12.8 Å². The predicted octanol–water partition coefficient (Wildman–Crippen LogP) is 3.38. The van der Waals surface area contributed by atoms with Crippen molar-refractivity contribution in [2.45, 2.75) is 50.4 Å². The van der Waals surface area contributed by atoms with E-state index >= 15 is 0 Å². The number of rotatable bonds is 2. The maximum atomic E-state index is 13.0. The zero-order chi connectivity index (χ0) is 17.8. The molecule has 2 bridgehead atoms. The minimum Gasteiger partial charge on any atom is -0.484 e. The quantitative estimate of drug-likeness (QED) is 0.880. The molecule has 1 aromatic heterocycles. The number of aromatic nitrogens is 1. The summed E-state index contributed by atoms with van der Waals surface area (Å²) in [5, 5.41) is 3.78. The molecule has 2 aromatic rings. The number of nitrogens with zero attached hydrogens (tertiary/aromatic N) is 2. The number of halogens is 1. The number of nitrogens with one attached hydrogen (secondary N) is 1. The molecule has 3 aliphatic rings. The van der Waals surface area contributed by atoms with Crippen LogP contribution in [0.15, 0.2) is 30.5 Å². The summed E-state index contributed by atoms with van der Waals surface area (Å²) >= 11 is 6.32. The second-order valence-corrected chi connectivity index (χ2v) is 8.09. The number of benzene rings is 1. The molecular formula is C20H22ClN3O2. The summed E-state index contributed by atoms with van der Waals surface area (Å²) in [5.41, 5.74) is 2.41. The monoisotopic (exact) mass is 371 g/mol. The van der Waals surface area contributed by atoms with Crippen molar-refractivity contribution >= 4 is 17.5 Å². The molecule has 0 radical (unpaired) electrons. The molecule has 5 rings (SSSR count). The van der Waals surface area contributed by atoms with Crippen LogP contribution in [0.3, 0.4) is 0 Å². The Hall–Kier alpha value is -1.98. The molecule has 5 nitrogen and oxygen atoms in total. The number of ether oxygens (including phenoxy) is 1. The SMILES string of the molecule is CN1C2CCC1CC(NC(=O)c1cc(Cl)cc3c1OCc1cccn1-3)C2. The molecule has 0 spiro atoms.